The van der Waals surface area contributed by atoms with Crippen LogP contribution >= 0.6 is 0 Å². The standard InChI is InChI=1S/C76H57B2N5O/c1-3-52-28-20-24-42-65(52)83(66-43-25-21-29-53(66)4-2)58-46-71-75-72(47-58)81(56-34-14-7-15-35-56)69-51-70-64(50-63(69)77(75)61-40-22-26-44-67(61)79(71)54-30-10-5-11-31-54)78-62-41-23-27-45-68(62)80(55-32-12-6-13-33-55)73-48-60(84-59-38-18-9-19-39-59)49-74(76(73)78)82(70)57-36-16-8-17-37-57/h5-51H,3-4H2,1-2H3. The van der Waals surface area contributed by atoms with Crippen molar-refractivity contribution in [1.82, 2.24) is 0 Å². The molecule has 0 saturated carbocycles. The van der Waals surface area contributed by atoms with Gasteiger partial charge in [-0.1, -0.05) is 184 Å². The Bertz CT molecular complexity index is 4440. The predicted octanol–water partition coefficient (Wildman–Crippen LogP) is 16.2. The molecule has 0 radical (unpaired) electrons. The van der Waals surface area contributed by atoms with Crippen molar-refractivity contribution in [3.63, 3.8) is 0 Å². The molecule has 16 rings (SSSR count). The van der Waals surface area contributed by atoms with E-state index in [1.807, 2.05) is 30.3 Å². The van der Waals surface area contributed by atoms with Gasteiger partial charge in [0.25, 0.3) is 13.4 Å². The Labute approximate surface area is 492 Å². The van der Waals surface area contributed by atoms with Gasteiger partial charge >= 0.3 is 0 Å². The third-order valence-electron chi connectivity index (χ3n) is 17.6. The summed E-state index contributed by atoms with van der Waals surface area (Å²) < 4.78 is 6.97. The van der Waals surface area contributed by atoms with Gasteiger partial charge in [-0.3, -0.25) is 0 Å². The first-order valence-corrected chi connectivity index (χ1v) is 29.4. The van der Waals surface area contributed by atoms with E-state index in [0.717, 1.165) is 92.6 Å². The molecule has 12 aromatic rings. The lowest BCUT2D eigenvalue weighted by Gasteiger charge is -2.47. The van der Waals surface area contributed by atoms with E-state index in [1.54, 1.807) is 0 Å². The Kier molecular flexibility index (Phi) is 11.9. The second kappa shape index (κ2) is 20.2. The molecule has 4 heterocycles. The molecular weight excluding hydrogens is 1020 g/mol. The number of anilines is 15. The fourth-order valence-corrected chi connectivity index (χ4v) is 14.0. The number of benzene rings is 12. The van der Waals surface area contributed by atoms with E-state index in [4.69, 9.17) is 4.74 Å². The molecule has 0 aliphatic carbocycles. The zero-order valence-corrected chi connectivity index (χ0v) is 46.8. The lowest BCUT2D eigenvalue weighted by molar-refractivity contribution is 0.483. The molecule has 4 aliphatic rings. The Morgan fingerprint density at radius 1 is 0.298 bits per heavy atom. The molecular formula is C76H57B2N5O. The van der Waals surface area contributed by atoms with Gasteiger partial charge in [0.05, 0.1) is 5.69 Å². The van der Waals surface area contributed by atoms with Crippen LogP contribution in [0.5, 0.6) is 11.5 Å². The average Bonchev–Trinajstić information content (AvgIpc) is 0.991. The summed E-state index contributed by atoms with van der Waals surface area (Å²) in [5.41, 5.74) is 26.9. The summed E-state index contributed by atoms with van der Waals surface area (Å²) in [6, 6.07) is 105. The van der Waals surface area contributed by atoms with E-state index in [1.165, 1.54) is 61.0 Å². The van der Waals surface area contributed by atoms with E-state index >= 15 is 0 Å². The lowest BCUT2D eigenvalue weighted by atomic mass is 9.30. The molecule has 4 aliphatic heterocycles. The van der Waals surface area contributed by atoms with Crippen molar-refractivity contribution in [2.75, 3.05) is 24.5 Å². The number of hydrogen-bond acceptors (Lipinski definition) is 6. The van der Waals surface area contributed by atoms with E-state index in [-0.39, 0.29) is 13.4 Å². The minimum absolute atomic E-state index is 0.143. The normalized spacial score (nSPS) is 13.1. The Morgan fingerprint density at radius 3 is 1.06 bits per heavy atom. The predicted molar refractivity (Wildman–Crippen MR) is 354 cm³/mol. The van der Waals surface area contributed by atoms with E-state index in [9.17, 15) is 0 Å². The molecule has 0 unspecified atom stereocenters. The topological polar surface area (TPSA) is 25.4 Å². The second-order valence-electron chi connectivity index (χ2n) is 22.1. The molecule has 0 bridgehead atoms. The van der Waals surface area contributed by atoms with Gasteiger partial charge in [0.1, 0.15) is 11.5 Å². The molecule has 0 N–H and O–H groups in total. The van der Waals surface area contributed by atoms with Crippen molar-refractivity contribution < 1.29 is 4.74 Å². The summed E-state index contributed by atoms with van der Waals surface area (Å²) >= 11 is 0. The minimum atomic E-state index is -0.146. The van der Waals surface area contributed by atoms with Crippen molar-refractivity contribution in [2.45, 2.75) is 26.7 Å². The molecule has 0 fully saturated rings. The quantitative estimate of drug-likeness (QED) is 0.120. The summed E-state index contributed by atoms with van der Waals surface area (Å²) in [6.07, 6.45) is 1.77. The molecule has 8 heteroatoms. The molecule has 6 nitrogen and oxygen atoms in total. The highest BCUT2D eigenvalue weighted by Crippen LogP contribution is 2.52. The van der Waals surface area contributed by atoms with Gasteiger partial charge in [0.2, 0.25) is 0 Å². The highest BCUT2D eigenvalue weighted by atomic mass is 16.5. The zero-order valence-electron chi connectivity index (χ0n) is 46.8. The number of hydrogen-bond donors (Lipinski definition) is 0. The van der Waals surface area contributed by atoms with Crippen LogP contribution < -0.4 is 62.0 Å². The largest absolute Gasteiger partial charge is 0.457 e. The van der Waals surface area contributed by atoms with Gasteiger partial charge in [-0.25, -0.2) is 0 Å². The maximum Gasteiger partial charge on any atom is 0.252 e. The molecule has 84 heavy (non-hydrogen) atoms. The first kappa shape index (κ1) is 49.4. The fraction of sp³-hybridized carbons (Fsp3) is 0.0526. The van der Waals surface area contributed by atoms with Crippen LogP contribution in [0, 0.1) is 0 Å². The molecule has 0 aromatic heterocycles. The maximum atomic E-state index is 6.97. The summed E-state index contributed by atoms with van der Waals surface area (Å²) in [4.78, 5) is 12.6. The van der Waals surface area contributed by atoms with Crippen molar-refractivity contribution in [2.24, 2.45) is 0 Å². The van der Waals surface area contributed by atoms with Crippen molar-refractivity contribution in [1.29, 1.82) is 0 Å². The van der Waals surface area contributed by atoms with Crippen LogP contribution in [-0.2, 0) is 12.8 Å². The third-order valence-corrected chi connectivity index (χ3v) is 17.6. The van der Waals surface area contributed by atoms with Crippen LogP contribution in [0.15, 0.2) is 285 Å². The number of fused-ring (bicyclic) bond motifs is 8. The molecule has 12 aromatic carbocycles. The fourth-order valence-electron chi connectivity index (χ4n) is 14.0. The maximum absolute atomic E-state index is 6.97. The SMILES string of the molecule is CCc1ccccc1N(c1cc2c3c(c1)N(c1ccccc1)c1cc4c(cc1B3c1ccccc1N2c1ccccc1)B1c2ccccc2N(c2ccccc2)c2cc(Oc3ccccc3)cc(c21)N4c1ccccc1)c1ccccc1CC. The van der Waals surface area contributed by atoms with E-state index in [2.05, 4.69) is 293 Å². The van der Waals surface area contributed by atoms with Crippen molar-refractivity contribution >= 4 is 132 Å². The van der Waals surface area contributed by atoms with E-state index in [0.29, 0.717) is 0 Å². The van der Waals surface area contributed by atoms with Crippen LogP contribution in [-0.4, -0.2) is 13.4 Å². The smallest absolute Gasteiger partial charge is 0.252 e. The Morgan fingerprint density at radius 2 is 0.643 bits per heavy atom. The summed E-state index contributed by atoms with van der Waals surface area (Å²) in [5.74, 6) is 1.54. The first-order valence-electron chi connectivity index (χ1n) is 29.4. The number of ether oxygens (including phenoxy) is 1. The number of nitrogens with zero attached hydrogens (tertiary/aromatic N) is 5. The third kappa shape index (κ3) is 7.81. The lowest BCUT2D eigenvalue weighted by Crippen LogP contribution is -2.65. The summed E-state index contributed by atoms with van der Waals surface area (Å²) in [7, 11) is 0. The van der Waals surface area contributed by atoms with Crippen LogP contribution in [0.1, 0.15) is 25.0 Å². The van der Waals surface area contributed by atoms with Gasteiger partial charge in [0, 0.05) is 91.8 Å². The monoisotopic (exact) mass is 1080 g/mol. The molecule has 398 valence electrons. The van der Waals surface area contributed by atoms with Gasteiger partial charge in [-0.2, -0.15) is 0 Å². The van der Waals surface area contributed by atoms with Crippen LogP contribution in [0.4, 0.5) is 85.3 Å². The molecule has 0 atom stereocenters. The van der Waals surface area contributed by atoms with Gasteiger partial charge in [0.15, 0.2) is 0 Å². The summed E-state index contributed by atoms with van der Waals surface area (Å²) in [6.45, 7) is 4.25. The number of rotatable bonds is 11. The highest BCUT2D eigenvalue weighted by molar-refractivity contribution is 7.03. The van der Waals surface area contributed by atoms with Gasteiger partial charge < -0.3 is 29.2 Å². The molecule has 0 spiro atoms. The molecule has 0 saturated heterocycles. The van der Waals surface area contributed by atoms with Gasteiger partial charge in [-0.05, 0) is 160 Å². The highest BCUT2D eigenvalue weighted by Gasteiger charge is 2.49. The minimum Gasteiger partial charge on any atom is -0.457 e. The summed E-state index contributed by atoms with van der Waals surface area (Å²) in [5, 5.41) is 0. The first-order chi connectivity index (χ1) is 41.6. The number of aryl methyl sites for hydroxylation is 2. The Balaban J connectivity index is 1.03. The van der Waals surface area contributed by atoms with E-state index < -0.39 is 0 Å². The Hall–Kier alpha value is -10.4. The van der Waals surface area contributed by atoms with Crippen LogP contribution in [0.2, 0.25) is 0 Å². The van der Waals surface area contributed by atoms with Crippen LogP contribution in [0.3, 0.4) is 0 Å². The second-order valence-corrected chi connectivity index (χ2v) is 22.1. The number of para-hydroxylation sites is 9. The van der Waals surface area contributed by atoms with Gasteiger partial charge in [-0.15, -0.1) is 0 Å². The average molecular weight is 1080 g/mol. The van der Waals surface area contributed by atoms with Crippen LogP contribution in [0.25, 0.3) is 0 Å². The zero-order chi connectivity index (χ0) is 55.8. The van der Waals surface area contributed by atoms with Crippen molar-refractivity contribution in [3.05, 3.63) is 296 Å². The van der Waals surface area contributed by atoms with Crippen molar-refractivity contribution in [3.8, 4) is 11.5 Å². The molecule has 0 amide bonds.